The lowest BCUT2D eigenvalue weighted by molar-refractivity contribution is 0.689. The van der Waals surface area contributed by atoms with Crippen molar-refractivity contribution in [3.63, 3.8) is 0 Å². The molecule has 0 radical (unpaired) electrons. The van der Waals surface area contributed by atoms with E-state index in [9.17, 15) is 0 Å². The van der Waals surface area contributed by atoms with Gasteiger partial charge in [0.25, 0.3) is 0 Å². The van der Waals surface area contributed by atoms with Gasteiger partial charge in [0.2, 0.25) is 0 Å². The van der Waals surface area contributed by atoms with Crippen LogP contribution in [0.15, 0.2) is 18.2 Å². The first-order chi connectivity index (χ1) is 7.02. The highest BCUT2D eigenvalue weighted by molar-refractivity contribution is 6.34. The number of hydrogen-bond acceptors (Lipinski definition) is 2. The van der Waals surface area contributed by atoms with E-state index in [1.54, 1.807) is 0 Å². The first kappa shape index (κ1) is 12.2. The summed E-state index contributed by atoms with van der Waals surface area (Å²) in [4.78, 5) is 2.03. The first-order valence-corrected chi connectivity index (χ1v) is 5.60. The van der Waals surface area contributed by atoms with E-state index in [2.05, 4.69) is 25.2 Å². The maximum Gasteiger partial charge on any atom is 0.0786 e. The number of para-hydroxylation sites is 1. The molecule has 0 spiro atoms. The summed E-state index contributed by atoms with van der Waals surface area (Å²) in [6, 6.07) is 5.94. The van der Waals surface area contributed by atoms with E-state index < -0.39 is 0 Å². The molecule has 0 fully saturated rings. The molecule has 2 nitrogen and oxygen atoms in total. The van der Waals surface area contributed by atoms with Crippen molar-refractivity contribution in [2.75, 3.05) is 30.9 Å². The quantitative estimate of drug-likeness (QED) is 0.846. The molecule has 0 aromatic heterocycles. The van der Waals surface area contributed by atoms with Gasteiger partial charge < -0.3 is 10.2 Å². The molecule has 0 amide bonds. The zero-order chi connectivity index (χ0) is 11.4. The van der Waals surface area contributed by atoms with Crippen molar-refractivity contribution in [3.8, 4) is 0 Å². The molecule has 0 saturated heterocycles. The molecule has 3 heteroatoms. The molecule has 0 aliphatic rings. The molecule has 1 aromatic carbocycles. The third-order valence-electron chi connectivity index (χ3n) is 2.13. The van der Waals surface area contributed by atoms with Crippen LogP contribution in [0.1, 0.15) is 13.8 Å². The van der Waals surface area contributed by atoms with E-state index in [1.807, 2.05) is 31.1 Å². The van der Waals surface area contributed by atoms with Gasteiger partial charge in [0.15, 0.2) is 0 Å². The van der Waals surface area contributed by atoms with Gasteiger partial charge in [0, 0.05) is 20.6 Å². The Morgan fingerprint density at radius 3 is 2.53 bits per heavy atom. The van der Waals surface area contributed by atoms with Crippen LogP contribution in [-0.2, 0) is 0 Å². The second-order valence-electron chi connectivity index (χ2n) is 4.31. The van der Waals surface area contributed by atoms with E-state index in [1.165, 1.54) is 0 Å². The van der Waals surface area contributed by atoms with Crippen molar-refractivity contribution in [3.05, 3.63) is 23.2 Å². The van der Waals surface area contributed by atoms with E-state index in [-0.39, 0.29) is 0 Å². The number of anilines is 2. The predicted molar refractivity (Wildman–Crippen MR) is 69.1 cm³/mol. The second-order valence-corrected chi connectivity index (χ2v) is 4.71. The van der Waals surface area contributed by atoms with E-state index in [0.29, 0.717) is 5.92 Å². The summed E-state index contributed by atoms with van der Waals surface area (Å²) >= 11 is 6.16. The van der Waals surface area contributed by atoms with Crippen LogP contribution < -0.4 is 10.2 Å². The SMILES string of the molecule is CC(C)CNc1cccc(Cl)c1N(C)C. The van der Waals surface area contributed by atoms with Gasteiger partial charge in [-0.2, -0.15) is 0 Å². The number of nitrogens with one attached hydrogen (secondary N) is 1. The summed E-state index contributed by atoms with van der Waals surface area (Å²) in [6.07, 6.45) is 0. The fourth-order valence-corrected chi connectivity index (χ4v) is 1.77. The van der Waals surface area contributed by atoms with Gasteiger partial charge in [-0.15, -0.1) is 0 Å². The molecule has 0 heterocycles. The molecular formula is C12H19ClN2. The normalized spacial score (nSPS) is 10.5. The highest BCUT2D eigenvalue weighted by Crippen LogP contribution is 2.32. The Bertz CT molecular complexity index is 321. The molecule has 1 aromatic rings. The zero-order valence-electron chi connectivity index (χ0n) is 9.84. The first-order valence-electron chi connectivity index (χ1n) is 5.22. The lowest BCUT2D eigenvalue weighted by Gasteiger charge is -2.20. The Hall–Kier alpha value is -0.890. The molecule has 0 aliphatic heterocycles. The molecule has 0 unspecified atom stereocenters. The van der Waals surface area contributed by atoms with Crippen LogP contribution in [0.5, 0.6) is 0 Å². The number of benzene rings is 1. The van der Waals surface area contributed by atoms with Crippen molar-refractivity contribution in [2.45, 2.75) is 13.8 Å². The average Bonchev–Trinajstić information content (AvgIpc) is 2.13. The maximum absolute atomic E-state index is 6.16. The van der Waals surface area contributed by atoms with Crippen molar-refractivity contribution >= 4 is 23.0 Å². The van der Waals surface area contributed by atoms with Crippen molar-refractivity contribution in [1.82, 2.24) is 0 Å². The van der Waals surface area contributed by atoms with E-state index >= 15 is 0 Å². The molecule has 1 N–H and O–H groups in total. The van der Waals surface area contributed by atoms with Crippen LogP contribution in [0.25, 0.3) is 0 Å². The van der Waals surface area contributed by atoms with E-state index in [0.717, 1.165) is 22.9 Å². The Morgan fingerprint density at radius 2 is 2.00 bits per heavy atom. The van der Waals surface area contributed by atoms with Crippen LogP contribution in [0.3, 0.4) is 0 Å². The minimum absolute atomic E-state index is 0.624. The minimum atomic E-state index is 0.624. The fourth-order valence-electron chi connectivity index (χ4n) is 1.43. The lowest BCUT2D eigenvalue weighted by atomic mass is 10.2. The standard InChI is InChI=1S/C12H19ClN2/c1-9(2)8-14-11-7-5-6-10(13)12(11)15(3)4/h5-7,9,14H,8H2,1-4H3. The lowest BCUT2D eigenvalue weighted by Crippen LogP contribution is -2.15. The third kappa shape index (κ3) is 3.31. The highest BCUT2D eigenvalue weighted by Gasteiger charge is 2.08. The summed E-state index contributed by atoms with van der Waals surface area (Å²) in [7, 11) is 4.00. The summed E-state index contributed by atoms with van der Waals surface area (Å²) < 4.78 is 0. The molecule has 1 rings (SSSR count). The Balaban J connectivity index is 2.91. The van der Waals surface area contributed by atoms with Crippen molar-refractivity contribution in [1.29, 1.82) is 0 Å². The molecule has 84 valence electrons. The topological polar surface area (TPSA) is 15.3 Å². The number of nitrogens with zero attached hydrogens (tertiary/aromatic N) is 1. The minimum Gasteiger partial charge on any atom is -0.383 e. The predicted octanol–water partition coefficient (Wildman–Crippen LogP) is 3.47. The Labute approximate surface area is 97.2 Å². The zero-order valence-corrected chi connectivity index (χ0v) is 10.6. The number of hydrogen-bond donors (Lipinski definition) is 1. The maximum atomic E-state index is 6.16. The van der Waals surface area contributed by atoms with Gasteiger partial charge in [-0.05, 0) is 18.1 Å². The monoisotopic (exact) mass is 226 g/mol. The van der Waals surface area contributed by atoms with Crippen LogP contribution >= 0.6 is 11.6 Å². The molecule has 15 heavy (non-hydrogen) atoms. The summed E-state index contributed by atoms with van der Waals surface area (Å²) in [5.41, 5.74) is 2.15. The summed E-state index contributed by atoms with van der Waals surface area (Å²) in [6.45, 7) is 5.33. The average molecular weight is 227 g/mol. The summed E-state index contributed by atoms with van der Waals surface area (Å²) in [5, 5.41) is 4.19. The third-order valence-corrected chi connectivity index (χ3v) is 2.44. The van der Waals surface area contributed by atoms with Gasteiger partial charge in [0.05, 0.1) is 16.4 Å². The largest absolute Gasteiger partial charge is 0.383 e. The van der Waals surface area contributed by atoms with Gasteiger partial charge >= 0.3 is 0 Å². The Kier molecular flexibility index (Phi) is 4.28. The van der Waals surface area contributed by atoms with Crippen LogP contribution in [0.2, 0.25) is 5.02 Å². The molecule has 0 atom stereocenters. The van der Waals surface area contributed by atoms with Gasteiger partial charge in [0.1, 0.15) is 0 Å². The number of halogens is 1. The second kappa shape index (κ2) is 5.26. The molecule has 0 aliphatic carbocycles. The smallest absolute Gasteiger partial charge is 0.0786 e. The van der Waals surface area contributed by atoms with Crippen molar-refractivity contribution < 1.29 is 0 Å². The molecule has 0 bridgehead atoms. The van der Waals surface area contributed by atoms with Gasteiger partial charge in [-0.25, -0.2) is 0 Å². The fraction of sp³-hybridized carbons (Fsp3) is 0.500. The highest BCUT2D eigenvalue weighted by atomic mass is 35.5. The van der Waals surface area contributed by atoms with Gasteiger partial charge in [-0.1, -0.05) is 31.5 Å². The Morgan fingerprint density at radius 1 is 1.33 bits per heavy atom. The van der Waals surface area contributed by atoms with E-state index in [4.69, 9.17) is 11.6 Å². The molecular weight excluding hydrogens is 208 g/mol. The van der Waals surface area contributed by atoms with Crippen LogP contribution in [-0.4, -0.2) is 20.6 Å². The van der Waals surface area contributed by atoms with Crippen LogP contribution in [0.4, 0.5) is 11.4 Å². The van der Waals surface area contributed by atoms with Crippen LogP contribution in [0, 0.1) is 5.92 Å². The van der Waals surface area contributed by atoms with Crippen molar-refractivity contribution in [2.24, 2.45) is 5.92 Å². The summed E-state index contributed by atoms with van der Waals surface area (Å²) in [5.74, 6) is 0.624. The number of rotatable bonds is 4. The van der Waals surface area contributed by atoms with Gasteiger partial charge in [-0.3, -0.25) is 0 Å². The molecule has 0 saturated carbocycles.